The highest BCUT2D eigenvalue weighted by Gasteiger charge is 2.27. The fourth-order valence-electron chi connectivity index (χ4n) is 3.14. The summed E-state index contributed by atoms with van der Waals surface area (Å²) >= 11 is 1.52. The molecule has 1 aromatic heterocycles. The molecule has 0 bridgehead atoms. The van der Waals surface area contributed by atoms with Crippen LogP contribution in [0, 0.1) is 17.7 Å². The van der Waals surface area contributed by atoms with Gasteiger partial charge in [0.15, 0.2) is 5.13 Å². The van der Waals surface area contributed by atoms with Crippen LogP contribution in [0.5, 0.6) is 0 Å². The summed E-state index contributed by atoms with van der Waals surface area (Å²) in [6.07, 6.45) is 3.06. The number of nitrogens with one attached hydrogen (secondary N) is 2. The van der Waals surface area contributed by atoms with Crippen LogP contribution in [0.3, 0.4) is 0 Å². The Morgan fingerprint density at radius 1 is 1.26 bits per heavy atom. The molecule has 0 saturated carbocycles. The average molecular weight is 389 g/mol. The molecule has 2 amide bonds. The quantitative estimate of drug-likeness (QED) is 0.817. The van der Waals surface area contributed by atoms with Gasteiger partial charge in [-0.1, -0.05) is 20.8 Å². The van der Waals surface area contributed by atoms with E-state index in [-0.39, 0.29) is 11.8 Å². The molecule has 0 aliphatic heterocycles. The summed E-state index contributed by atoms with van der Waals surface area (Å²) in [5.74, 6) is -0.577. The highest BCUT2D eigenvalue weighted by molar-refractivity contribution is 7.15. The van der Waals surface area contributed by atoms with Gasteiger partial charge in [-0.05, 0) is 55.4 Å². The molecule has 0 spiro atoms. The van der Waals surface area contributed by atoms with Crippen LogP contribution in [0.2, 0.25) is 0 Å². The number of halogens is 1. The number of carbonyl (C=O) groups is 2. The summed E-state index contributed by atoms with van der Waals surface area (Å²) < 4.78 is 13.0. The number of anilines is 1. The highest BCUT2D eigenvalue weighted by atomic mass is 32.1. The van der Waals surface area contributed by atoms with E-state index in [0.717, 1.165) is 25.0 Å². The number of hydrogen-bond acceptors (Lipinski definition) is 4. The smallest absolute Gasteiger partial charge is 0.251 e. The molecule has 0 radical (unpaired) electrons. The van der Waals surface area contributed by atoms with Crippen molar-refractivity contribution >= 4 is 28.3 Å². The first-order valence-electron chi connectivity index (χ1n) is 9.19. The van der Waals surface area contributed by atoms with Crippen LogP contribution >= 0.6 is 11.3 Å². The van der Waals surface area contributed by atoms with Crippen molar-refractivity contribution in [2.24, 2.45) is 11.8 Å². The van der Waals surface area contributed by atoms with E-state index >= 15 is 0 Å². The lowest BCUT2D eigenvalue weighted by Gasteiger charge is -2.21. The van der Waals surface area contributed by atoms with Gasteiger partial charge in [-0.25, -0.2) is 9.37 Å². The first-order chi connectivity index (χ1) is 12.8. The Kier molecular flexibility index (Phi) is 5.89. The Morgan fingerprint density at radius 3 is 2.63 bits per heavy atom. The van der Waals surface area contributed by atoms with E-state index in [1.54, 1.807) is 0 Å². The second kappa shape index (κ2) is 8.17. The van der Waals surface area contributed by atoms with Crippen molar-refractivity contribution < 1.29 is 14.0 Å². The standard InChI is InChI=1S/C20H24FN3O2S/c1-11(2)17(23-18(25)13-5-7-14(21)8-6-13)19(26)24-20-22-15-9-4-12(3)10-16(15)27-20/h5-8,11-12,17H,4,9-10H2,1-3H3,(H,23,25)(H,22,24,26)/t12?,17-/m0/s1. The van der Waals surface area contributed by atoms with E-state index in [1.165, 1.54) is 40.5 Å². The first kappa shape index (κ1) is 19.5. The van der Waals surface area contributed by atoms with Crippen molar-refractivity contribution in [2.45, 2.75) is 46.1 Å². The lowest BCUT2D eigenvalue weighted by Crippen LogP contribution is -2.47. The maximum Gasteiger partial charge on any atom is 0.251 e. The SMILES string of the molecule is CC1CCc2nc(NC(=O)[C@@H](NC(=O)c3ccc(F)cc3)C(C)C)sc2C1. The first-order valence-corrected chi connectivity index (χ1v) is 10.0. The molecule has 3 rings (SSSR count). The number of nitrogens with zero attached hydrogens (tertiary/aromatic N) is 1. The molecule has 1 aliphatic rings. The van der Waals surface area contributed by atoms with Crippen LogP contribution in [0.15, 0.2) is 24.3 Å². The molecule has 0 fully saturated rings. The molecule has 2 aromatic rings. The number of thiazole rings is 1. The molecule has 1 aliphatic carbocycles. The van der Waals surface area contributed by atoms with E-state index < -0.39 is 17.8 Å². The third-order valence-corrected chi connectivity index (χ3v) is 5.79. The van der Waals surface area contributed by atoms with Crippen molar-refractivity contribution in [3.8, 4) is 0 Å². The number of benzene rings is 1. The van der Waals surface area contributed by atoms with Crippen molar-refractivity contribution in [3.05, 3.63) is 46.2 Å². The third kappa shape index (κ3) is 4.71. The van der Waals surface area contributed by atoms with E-state index in [0.29, 0.717) is 16.6 Å². The Hall–Kier alpha value is -2.28. The molecule has 1 unspecified atom stereocenters. The number of fused-ring (bicyclic) bond motifs is 1. The van der Waals surface area contributed by atoms with E-state index in [9.17, 15) is 14.0 Å². The van der Waals surface area contributed by atoms with Crippen molar-refractivity contribution in [2.75, 3.05) is 5.32 Å². The molecule has 27 heavy (non-hydrogen) atoms. The van der Waals surface area contributed by atoms with Crippen molar-refractivity contribution in [1.82, 2.24) is 10.3 Å². The predicted octanol–water partition coefficient (Wildman–Crippen LogP) is 3.80. The molecule has 1 heterocycles. The number of hydrogen-bond donors (Lipinski definition) is 2. The molecule has 2 atom stereocenters. The van der Waals surface area contributed by atoms with Crippen LogP contribution in [-0.2, 0) is 17.6 Å². The normalized spacial score (nSPS) is 17.3. The Bertz CT molecular complexity index is 832. The van der Waals surface area contributed by atoms with Gasteiger partial charge in [0.25, 0.3) is 5.91 Å². The van der Waals surface area contributed by atoms with Gasteiger partial charge in [-0.2, -0.15) is 0 Å². The van der Waals surface area contributed by atoms with Gasteiger partial charge >= 0.3 is 0 Å². The number of carbonyl (C=O) groups excluding carboxylic acids is 2. The molecule has 7 heteroatoms. The van der Waals surface area contributed by atoms with Gasteiger partial charge in [-0.15, -0.1) is 11.3 Å². The van der Waals surface area contributed by atoms with Gasteiger partial charge in [0.2, 0.25) is 5.91 Å². The molecule has 144 valence electrons. The molecular formula is C20H24FN3O2S. The predicted molar refractivity (Wildman–Crippen MR) is 104 cm³/mol. The Morgan fingerprint density at radius 2 is 1.96 bits per heavy atom. The van der Waals surface area contributed by atoms with Crippen LogP contribution in [0.4, 0.5) is 9.52 Å². The van der Waals surface area contributed by atoms with Crippen LogP contribution in [0.25, 0.3) is 0 Å². The maximum absolute atomic E-state index is 13.0. The number of rotatable bonds is 5. The van der Waals surface area contributed by atoms with Crippen molar-refractivity contribution in [3.63, 3.8) is 0 Å². The second-order valence-corrected chi connectivity index (χ2v) is 8.51. The molecule has 2 N–H and O–H groups in total. The summed E-state index contributed by atoms with van der Waals surface area (Å²) in [6.45, 7) is 5.95. The monoisotopic (exact) mass is 389 g/mol. The number of amides is 2. The zero-order valence-electron chi connectivity index (χ0n) is 15.7. The van der Waals surface area contributed by atoms with Gasteiger partial charge in [0.05, 0.1) is 5.69 Å². The number of aryl methyl sites for hydroxylation is 1. The second-order valence-electron chi connectivity index (χ2n) is 7.43. The average Bonchev–Trinajstić information content (AvgIpc) is 3.00. The molecule has 1 aromatic carbocycles. The zero-order valence-corrected chi connectivity index (χ0v) is 16.5. The fourth-order valence-corrected chi connectivity index (χ4v) is 4.31. The van der Waals surface area contributed by atoms with Crippen LogP contribution in [0.1, 0.15) is 48.1 Å². The molecule has 5 nitrogen and oxygen atoms in total. The highest BCUT2D eigenvalue weighted by Crippen LogP contribution is 2.32. The van der Waals surface area contributed by atoms with Crippen molar-refractivity contribution in [1.29, 1.82) is 0 Å². The maximum atomic E-state index is 13.0. The topological polar surface area (TPSA) is 71.1 Å². The number of aromatic nitrogens is 1. The minimum atomic E-state index is -0.706. The summed E-state index contributed by atoms with van der Waals surface area (Å²) in [7, 11) is 0. The zero-order chi connectivity index (χ0) is 19.6. The van der Waals surface area contributed by atoms with Gasteiger partial charge < -0.3 is 10.6 Å². The van der Waals surface area contributed by atoms with E-state index in [4.69, 9.17) is 0 Å². The van der Waals surface area contributed by atoms with E-state index in [1.807, 2.05) is 13.8 Å². The molecule has 0 saturated heterocycles. The minimum Gasteiger partial charge on any atom is -0.340 e. The van der Waals surface area contributed by atoms with E-state index in [2.05, 4.69) is 22.5 Å². The summed E-state index contributed by atoms with van der Waals surface area (Å²) in [4.78, 5) is 30.9. The van der Waals surface area contributed by atoms with Gasteiger partial charge in [0.1, 0.15) is 11.9 Å². The third-order valence-electron chi connectivity index (χ3n) is 4.76. The lowest BCUT2D eigenvalue weighted by molar-refractivity contribution is -0.118. The summed E-state index contributed by atoms with van der Waals surface area (Å²) in [5.41, 5.74) is 1.39. The van der Waals surface area contributed by atoms with Gasteiger partial charge in [-0.3, -0.25) is 9.59 Å². The van der Waals surface area contributed by atoms with Gasteiger partial charge in [0, 0.05) is 10.4 Å². The fraction of sp³-hybridized carbons (Fsp3) is 0.450. The summed E-state index contributed by atoms with van der Waals surface area (Å²) in [5, 5.41) is 6.18. The lowest BCUT2D eigenvalue weighted by atomic mass is 9.93. The summed E-state index contributed by atoms with van der Waals surface area (Å²) in [6, 6.07) is 4.54. The largest absolute Gasteiger partial charge is 0.340 e. The van der Waals surface area contributed by atoms with Crippen LogP contribution in [-0.4, -0.2) is 22.8 Å². The Balaban J connectivity index is 1.68. The van der Waals surface area contributed by atoms with Crippen LogP contribution < -0.4 is 10.6 Å². The minimum absolute atomic E-state index is 0.107. The Labute approximate surface area is 162 Å². The molecular weight excluding hydrogens is 365 g/mol.